The molecule has 0 bridgehead atoms. The molecule has 148 valence electrons. The normalized spacial score (nSPS) is 11.2. The molecule has 0 saturated carbocycles. The minimum absolute atomic E-state index is 0.748. The Morgan fingerprint density at radius 2 is 1.10 bits per heavy atom. The summed E-state index contributed by atoms with van der Waals surface area (Å²) in [6, 6.07) is 12.0. The minimum Gasteiger partial charge on any atom is -0.465 e. The molecule has 5 heteroatoms. The number of rotatable bonds is 6. The number of pyridine rings is 2. The maximum Gasteiger partial charge on any atom is 0.115 e. The van der Waals surface area contributed by atoms with Crippen molar-refractivity contribution in [3.63, 3.8) is 0 Å². The SMILES string of the molecule is Cc1oc(C)c(Sc2c(C)oc(C)c2Cc2ccccn2)c1Cc1ccccn1. The van der Waals surface area contributed by atoms with Gasteiger partial charge >= 0.3 is 0 Å². The third-order valence-corrected chi connectivity index (χ3v) is 6.50. The van der Waals surface area contributed by atoms with E-state index in [1.54, 1.807) is 11.8 Å². The van der Waals surface area contributed by atoms with E-state index in [1.807, 2.05) is 64.4 Å². The van der Waals surface area contributed by atoms with E-state index in [2.05, 4.69) is 22.1 Å². The second-order valence-electron chi connectivity index (χ2n) is 7.14. The summed E-state index contributed by atoms with van der Waals surface area (Å²) in [5.74, 6) is 3.75. The second kappa shape index (κ2) is 8.29. The molecule has 0 atom stereocenters. The van der Waals surface area contributed by atoms with Crippen molar-refractivity contribution >= 4 is 11.8 Å². The maximum absolute atomic E-state index is 6.00. The van der Waals surface area contributed by atoms with Gasteiger partial charge in [0.1, 0.15) is 23.0 Å². The van der Waals surface area contributed by atoms with Crippen LogP contribution in [0.1, 0.15) is 45.6 Å². The molecule has 0 unspecified atom stereocenters. The largest absolute Gasteiger partial charge is 0.465 e. The fourth-order valence-electron chi connectivity index (χ4n) is 3.57. The highest BCUT2D eigenvalue weighted by molar-refractivity contribution is 7.99. The summed E-state index contributed by atoms with van der Waals surface area (Å²) in [6.07, 6.45) is 5.16. The molecule has 0 aliphatic heterocycles. The van der Waals surface area contributed by atoms with E-state index in [0.717, 1.165) is 57.1 Å². The van der Waals surface area contributed by atoms with Crippen molar-refractivity contribution in [2.75, 3.05) is 0 Å². The van der Waals surface area contributed by atoms with Crippen molar-refractivity contribution in [1.82, 2.24) is 9.97 Å². The Balaban J connectivity index is 1.70. The summed E-state index contributed by atoms with van der Waals surface area (Å²) < 4.78 is 12.0. The van der Waals surface area contributed by atoms with Crippen LogP contribution in [0.2, 0.25) is 0 Å². The van der Waals surface area contributed by atoms with Crippen molar-refractivity contribution in [1.29, 1.82) is 0 Å². The van der Waals surface area contributed by atoms with Gasteiger partial charge in [-0.2, -0.15) is 0 Å². The van der Waals surface area contributed by atoms with Crippen LogP contribution in [0.4, 0.5) is 0 Å². The molecule has 0 aliphatic carbocycles. The number of aromatic nitrogens is 2. The van der Waals surface area contributed by atoms with Crippen molar-refractivity contribution < 1.29 is 8.83 Å². The van der Waals surface area contributed by atoms with E-state index in [0.29, 0.717) is 0 Å². The first-order chi connectivity index (χ1) is 14.0. The molecule has 0 fully saturated rings. The zero-order valence-electron chi connectivity index (χ0n) is 17.2. The average Bonchev–Trinajstić information content (AvgIpc) is 3.13. The Hall–Kier alpha value is -2.79. The summed E-state index contributed by atoms with van der Waals surface area (Å²) in [6.45, 7) is 8.10. The second-order valence-corrected chi connectivity index (χ2v) is 8.16. The molecule has 4 heterocycles. The summed E-state index contributed by atoms with van der Waals surface area (Å²) in [5.41, 5.74) is 4.44. The van der Waals surface area contributed by atoms with Crippen LogP contribution in [0.25, 0.3) is 0 Å². The fourth-order valence-corrected chi connectivity index (χ4v) is 4.82. The minimum atomic E-state index is 0.748. The Morgan fingerprint density at radius 1 is 0.655 bits per heavy atom. The average molecular weight is 405 g/mol. The van der Waals surface area contributed by atoms with Gasteiger partial charge in [-0.3, -0.25) is 9.97 Å². The van der Waals surface area contributed by atoms with Crippen LogP contribution in [0.15, 0.2) is 67.4 Å². The van der Waals surface area contributed by atoms with Crippen LogP contribution in [-0.4, -0.2) is 9.97 Å². The maximum atomic E-state index is 6.00. The third-order valence-electron chi connectivity index (χ3n) is 5.02. The Bertz CT molecular complexity index is 1030. The molecular weight excluding hydrogens is 380 g/mol. The standard InChI is InChI=1S/C24H24N2O2S/c1-15-21(13-19-9-5-7-11-25-19)23(17(3)27-15)29-24-18(4)28-16(2)22(24)14-20-10-6-8-12-26-20/h5-12H,13-14H2,1-4H3. The van der Waals surface area contributed by atoms with Crippen LogP contribution < -0.4 is 0 Å². The molecule has 0 amide bonds. The van der Waals surface area contributed by atoms with Crippen LogP contribution in [0.3, 0.4) is 0 Å². The monoisotopic (exact) mass is 404 g/mol. The Morgan fingerprint density at radius 3 is 1.48 bits per heavy atom. The molecule has 4 rings (SSSR count). The first kappa shape index (κ1) is 19.5. The lowest BCUT2D eigenvalue weighted by Gasteiger charge is -2.07. The molecule has 4 aromatic heterocycles. The lowest BCUT2D eigenvalue weighted by molar-refractivity contribution is 0.496. The van der Waals surface area contributed by atoms with E-state index in [9.17, 15) is 0 Å². The summed E-state index contributed by atoms with van der Waals surface area (Å²) in [5, 5.41) is 0. The van der Waals surface area contributed by atoms with Gasteiger partial charge in [-0.05, 0) is 52.0 Å². The molecule has 4 nitrogen and oxygen atoms in total. The zero-order chi connectivity index (χ0) is 20.4. The molecule has 0 aliphatic rings. The molecule has 4 aromatic rings. The predicted octanol–water partition coefficient (Wildman–Crippen LogP) is 6.23. The van der Waals surface area contributed by atoms with Gasteiger partial charge in [-0.1, -0.05) is 23.9 Å². The molecular formula is C24H24N2O2S. The van der Waals surface area contributed by atoms with Gasteiger partial charge < -0.3 is 8.83 Å². The van der Waals surface area contributed by atoms with Gasteiger partial charge in [-0.25, -0.2) is 0 Å². The first-order valence-electron chi connectivity index (χ1n) is 9.68. The number of hydrogen-bond acceptors (Lipinski definition) is 5. The highest BCUT2D eigenvalue weighted by atomic mass is 32.2. The van der Waals surface area contributed by atoms with Gasteiger partial charge in [-0.15, -0.1) is 0 Å². The van der Waals surface area contributed by atoms with E-state index in [4.69, 9.17) is 8.83 Å². The first-order valence-corrected chi connectivity index (χ1v) is 10.5. The number of aryl methyl sites for hydroxylation is 4. The fraction of sp³-hybridized carbons (Fsp3) is 0.250. The van der Waals surface area contributed by atoms with Crippen LogP contribution >= 0.6 is 11.8 Å². The third kappa shape index (κ3) is 4.15. The van der Waals surface area contributed by atoms with Gasteiger partial charge in [0.25, 0.3) is 0 Å². The summed E-state index contributed by atoms with van der Waals surface area (Å²) >= 11 is 1.73. The smallest absolute Gasteiger partial charge is 0.115 e. The lowest BCUT2D eigenvalue weighted by Crippen LogP contribution is -1.96. The molecule has 29 heavy (non-hydrogen) atoms. The van der Waals surface area contributed by atoms with Crippen molar-refractivity contribution in [2.45, 2.75) is 50.3 Å². The van der Waals surface area contributed by atoms with E-state index in [1.165, 1.54) is 11.1 Å². The van der Waals surface area contributed by atoms with E-state index < -0.39 is 0 Å². The Labute approximate surface area is 175 Å². The van der Waals surface area contributed by atoms with Crippen molar-refractivity contribution in [2.24, 2.45) is 0 Å². The van der Waals surface area contributed by atoms with Gasteiger partial charge in [0.05, 0.1) is 9.79 Å². The topological polar surface area (TPSA) is 52.1 Å². The predicted molar refractivity (Wildman–Crippen MR) is 115 cm³/mol. The lowest BCUT2D eigenvalue weighted by atomic mass is 10.1. The highest BCUT2D eigenvalue weighted by Gasteiger charge is 2.22. The van der Waals surface area contributed by atoms with E-state index in [-0.39, 0.29) is 0 Å². The van der Waals surface area contributed by atoms with Crippen LogP contribution in [0.5, 0.6) is 0 Å². The van der Waals surface area contributed by atoms with E-state index >= 15 is 0 Å². The quantitative estimate of drug-likeness (QED) is 0.381. The van der Waals surface area contributed by atoms with Gasteiger partial charge in [0.15, 0.2) is 0 Å². The summed E-state index contributed by atoms with van der Waals surface area (Å²) in [4.78, 5) is 11.3. The van der Waals surface area contributed by atoms with Gasteiger partial charge in [0, 0.05) is 47.8 Å². The summed E-state index contributed by atoms with van der Waals surface area (Å²) in [7, 11) is 0. The zero-order valence-corrected chi connectivity index (χ0v) is 18.0. The van der Waals surface area contributed by atoms with Gasteiger partial charge in [0.2, 0.25) is 0 Å². The van der Waals surface area contributed by atoms with Crippen molar-refractivity contribution in [3.05, 3.63) is 94.3 Å². The number of hydrogen-bond donors (Lipinski definition) is 0. The highest BCUT2D eigenvalue weighted by Crippen LogP contribution is 2.42. The molecule has 0 aromatic carbocycles. The molecule has 0 N–H and O–H groups in total. The van der Waals surface area contributed by atoms with Crippen molar-refractivity contribution in [3.8, 4) is 0 Å². The number of furan rings is 2. The molecule has 0 spiro atoms. The van der Waals surface area contributed by atoms with Crippen LogP contribution in [0, 0.1) is 27.7 Å². The molecule has 0 saturated heterocycles. The van der Waals surface area contributed by atoms with Crippen LogP contribution in [-0.2, 0) is 12.8 Å². The Kier molecular flexibility index (Phi) is 5.58. The molecule has 0 radical (unpaired) electrons. The number of nitrogens with zero attached hydrogens (tertiary/aromatic N) is 2.